The zero-order chi connectivity index (χ0) is 12.6. The molecule has 92 valence electrons. The molecule has 2 aliphatic rings. The Morgan fingerprint density at radius 2 is 2.33 bits per heavy atom. The molecular formula is C13H13N3O2. The van der Waals surface area contributed by atoms with Crippen LogP contribution in [-0.4, -0.2) is 19.1 Å². The molecule has 2 N–H and O–H groups in total. The van der Waals surface area contributed by atoms with E-state index in [1.54, 1.807) is 0 Å². The molecule has 1 aromatic rings. The van der Waals surface area contributed by atoms with Crippen molar-refractivity contribution in [3.63, 3.8) is 0 Å². The quantitative estimate of drug-likeness (QED) is 0.847. The second kappa shape index (κ2) is 3.91. The molecule has 1 heterocycles. The summed E-state index contributed by atoms with van der Waals surface area (Å²) in [5.74, 6) is 0.539. The van der Waals surface area contributed by atoms with E-state index in [2.05, 4.69) is 16.7 Å². The smallest absolute Gasteiger partial charge is 0.262 e. The number of anilines is 2. The van der Waals surface area contributed by atoms with E-state index in [4.69, 9.17) is 10.00 Å². The summed E-state index contributed by atoms with van der Waals surface area (Å²) in [6.45, 7) is 0.717. The van der Waals surface area contributed by atoms with Gasteiger partial charge in [-0.15, -0.1) is 0 Å². The second-order valence-electron chi connectivity index (χ2n) is 4.79. The highest BCUT2D eigenvalue weighted by Gasteiger charge is 2.42. The third-order valence-corrected chi connectivity index (χ3v) is 3.33. The van der Waals surface area contributed by atoms with Crippen LogP contribution in [0.25, 0.3) is 0 Å². The van der Waals surface area contributed by atoms with Gasteiger partial charge in [-0.3, -0.25) is 4.79 Å². The van der Waals surface area contributed by atoms with E-state index >= 15 is 0 Å². The summed E-state index contributed by atoms with van der Waals surface area (Å²) in [7, 11) is 0. The Bertz CT molecular complexity index is 544. The number of nitrogens with one attached hydrogen (secondary N) is 2. The van der Waals surface area contributed by atoms with E-state index in [9.17, 15) is 4.79 Å². The number of nitrogens with zero attached hydrogens (tertiary/aromatic N) is 1. The first kappa shape index (κ1) is 10.9. The Labute approximate surface area is 105 Å². The molecule has 5 nitrogen and oxygen atoms in total. The minimum atomic E-state index is -0.185. The largest absolute Gasteiger partial charge is 0.482 e. The van der Waals surface area contributed by atoms with Crippen molar-refractivity contribution in [2.24, 2.45) is 5.41 Å². The fourth-order valence-electron chi connectivity index (χ4n) is 1.94. The van der Waals surface area contributed by atoms with Crippen LogP contribution in [0.3, 0.4) is 0 Å². The van der Waals surface area contributed by atoms with E-state index in [1.807, 2.05) is 18.2 Å². The molecule has 0 bridgehead atoms. The first-order valence-electron chi connectivity index (χ1n) is 5.93. The molecule has 0 radical (unpaired) electrons. The standard InChI is InChI=1S/C13H13N3O2/c14-7-13(3-4-13)8-15-9-1-2-11-10(5-9)16-12(17)6-18-11/h1-2,5,15H,3-4,6,8H2,(H,16,17). The fourth-order valence-corrected chi connectivity index (χ4v) is 1.94. The summed E-state index contributed by atoms with van der Waals surface area (Å²) >= 11 is 0. The normalized spacial score (nSPS) is 18.9. The number of fused-ring (bicyclic) bond motifs is 1. The zero-order valence-corrected chi connectivity index (χ0v) is 9.82. The van der Waals surface area contributed by atoms with Gasteiger partial charge in [0.2, 0.25) is 0 Å². The fraction of sp³-hybridized carbons (Fsp3) is 0.385. The monoisotopic (exact) mass is 243 g/mol. The zero-order valence-electron chi connectivity index (χ0n) is 9.82. The van der Waals surface area contributed by atoms with E-state index in [0.717, 1.165) is 18.5 Å². The molecule has 1 aliphatic heterocycles. The van der Waals surface area contributed by atoms with Crippen LogP contribution in [0, 0.1) is 16.7 Å². The lowest BCUT2D eigenvalue weighted by molar-refractivity contribution is -0.118. The molecule has 3 rings (SSSR count). The van der Waals surface area contributed by atoms with E-state index < -0.39 is 0 Å². The van der Waals surface area contributed by atoms with Gasteiger partial charge in [-0.2, -0.15) is 5.26 Å². The molecule has 18 heavy (non-hydrogen) atoms. The Hall–Kier alpha value is -2.22. The maximum Gasteiger partial charge on any atom is 0.262 e. The number of carbonyl (C=O) groups is 1. The van der Waals surface area contributed by atoms with Crippen molar-refractivity contribution >= 4 is 17.3 Å². The molecule has 5 heteroatoms. The molecular weight excluding hydrogens is 230 g/mol. The van der Waals surface area contributed by atoms with E-state index in [-0.39, 0.29) is 17.9 Å². The van der Waals surface area contributed by atoms with Crippen LogP contribution < -0.4 is 15.4 Å². The van der Waals surface area contributed by atoms with Crippen molar-refractivity contribution in [3.05, 3.63) is 18.2 Å². The van der Waals surface area contributed by atoms with Crippen LogP contribution >= 0.6 is 0 Å². The van der Waals surface area contributed by atoms with Crippen LogP contribution in [0.4, 0.5) is 11.4 Å². The van der Waals surface area contributed by atoms with Crippen LogP contribution in [0.15, 0.2) is 18.2 Å². The van der Waals surface area contributed by atoms with Gasteiger partial charge >= 0.3 is 0 Å². The average molecular weight is 243 g/mol. The molecule has 0 saturated heterocycles. The molecule has 1 aliphatic carbocycles. The molecule has 1 amide bonds. The number of nitriles is 1. The van der Waals surface area contributed by atoms with Crippen molar-refractivity contribution in [1.82, 2.24) is 0 Å². The maximum absolute atomic E-state index is 11.2. The lowest BCUT2D eigenvalue weighted by atomic mass is 10.1. The van der Waals surface area contributed by atoms with Gasteiger partial charge in [-0.1, -0.05) is 0 Å². The van der Waals surface area contributed by atoms with Gasteiger partial charge in [0.05, 0.1) is 17.2 Å². The van der Waals surface area contributed by atoms with Crippen LogP contribution in [0.1, 0.15) is 12.8 Å². The van der Waals surface area contributed by atoms with Crippen molar-refractivity contribution in [1.29, 1.82) is 5.26 Å². The average Bonchev–Trinajstić information content (AvgIpc) is 3.16. The molecule has 1 fully saturated rings. The highest BCUT2D eigenvalue weighted by molar-refractivity contribution is 5.96. The number of benzene rings is 1. The van der Waals surface area contributed by atoms with E-state index in [0.29, 0.717) is 18.0 Å². The van der Waals surface area contributed by atoms with Crippen LogP contribution in [0.5, 0.6) is 5.75 Å². The number of hydrogen-bond acceptors (Lipinski definition) is 4. The predicted molar refractivity (Wildman–Crippen MR) is 66.3 cm³/mol. The summed E-state index contributed by atoms with van der Waals surface area (Å²) in [4.78, 5) is 11.2. The number of rotatable bonds is 3. The molecule has 0 unspecified atom stereocenters. The maximum atomic E-state index is 11.2. The lowest BCUT2D eigenvalue weighted by Crippen LogP contribution is -2.25. The number of carbonyl (C=O) groups excluding carboxylic acids is 1. The van der Waals surface area contributed by atoms with Crippen LogP contribution in [-0.2, 0) is 4.79 Å². The topological polar surface area (TPSA) is 74.2 Å². The van der Waals surface area contributed by atoms with Gasteiger partial charge in [0, 0.05) is 12.2 Å². The second-order valence-corrected chi connectivity index (χ2v) is 4.79. The third-order valence-electron chi connectivity index (χ3n) is 3.33. The summed E-state index contributed by atoms with van der Waals surface area (Å²) < 4.78 is 5.28. The van der Waals surface area contributed by atoms with E-state index in [1.165, 1.54) is 0 Å². The Balaban J connectivity index is 1.72. The summed E-state index contributed by atoms with van der Waals surface area (Å²) in [6.07, 6.45) is 1.92. The van der Waals surface area contributed by atoms with Gasteiger partial charge in [0.25, 0.3) is 5.91 Å². The molecule has 0 atom stereocenters. The van der Waals surface area contributed by atoms with Gasteiger partial charge in [0.15, 0.2) is 6.61 Å². The van der Waals surface area contributed by atoms with Crippen molar-refractivity contribution in [3.8, 4) is 11.8 Å². The predicted octanol–water partition coefficient (Wildman–Crippen LogP) is 1.73. The molecule has 1 saturated carbocycles. The Kier molecular flexibility index (Phi) is 2.37. The van der Waals surface area contributed by atoms with Crippen LogP contribution in [0.2, 0.25) is 0 Å². The molecule has 0 spiro atoms. The number of amides is 1. The van der Waals surface area contributed by atoms with Gasteiger partial charge in [0.1, 0.15) is 5.75 Å². The molecule has 0 aromatic heterocycles. The van der Waals surface area contributed by atoms with Gasteiger partial charge < -0.3 is 15.4 Å². The summed E-state index contributed by atoms with van der Waals surface area (Å²) in [5, 5.41) is 15.0. The highest BCUT2D eigenvalue weighted by atomic mass is 16.5. The minimum Gasteiger partial charge on any atom is -0.482 e. The van der Waals surface area contributed by atoms with Crippen molar-refractivity contribution in [2.45, 2.75) is 12.8 Å². The van der Waals surface area contributed by atoms with Crippen molar-refractivity contribution < 1.29 is 9.53 Å². The Morgan fingerprint density at radius 1 is 1.50 bits per heavy atom. The number of hydrogen-bond donors (Lipinski definition) is 2. The first-order chi connectivity index (χ1) is 8.71. The van der Waals surface area contributed by atoms with Gasteiger partial charge in [-0.25, -0.2) is 0 Å². The third kappa shape index (κ3) is 1.97. The minimum absolute atomic E-state index is 0.0668. The lowest BCUT2D eigenvalue weighted by Gasteiger charge is -2.19. The van der Waals surface area contributed by atoms with Gasteiger partial charge in [-0.05, 0) is 31.0 Å². The SMILES string of the molecule is N#CC1(CNc2ccc3c(c2)NC(=O)CO3)CC1. The van der Waals surface area contributed by atoms with Crippen molar-refractivity contribution in [2.75, 3.05) is 23.8 Å². The summed E-state index contributed by atoms with van der Waals surface area (Å²) in [5.41, 5.74) is 1.38. The highest BCUT2D eigenvalue weighted by Crippen LogP contribution is 2.45. The Morgan fingerprint density at radius 3 is 3.06 bits per heavy atom. The first-order valence-corrected chi connectivity index (χ1v) is 5.93. The summed E-state index contributed by atoms with van der Waals surface area (Å²) in [6, 6.07) is 7.88. The molecule has 1 aromatic carbocycles. The number of ether oxygens (including phenoxy) is 1.